The minimum absolute atomic E-state index is 0.0615. The van der Waals surface area contributed by atoms with Gasteiger partial charge in [-0.05, 0) is 55.0 Å². The van der Waals surface area contributed by atoms with Gasteiger partial charge >= 0.3 is 0 Å². The first-order chi connectivity index (χ1) is 15.5. The van der Waals surface area contributed by atoms with Gasteiger partial charge in [-0.15, -0.1) is 0 Å². The van der Waals surface area contributed by atoms with Gasteiger partial charge in [0.05, 0.1) is 23.6 Å². The maximum atomic E-state index is 12.9. The predicted molar refractivity (Wildman–Crippen MR) is 128 cm³/mol. The molecule has 1 atom stereocenters. The average molecular weight is 444 g/mol. The zero-order valence-corrected chi connectivity index (χ0v) is 18.3. The number of ketones is 1. The Labute approximate surface area is 191 Å². The molecule has 1 N–H and O–H groups in total. The number of imidazole rings is 1. The van der Waals surface area contributed by atoms with Crippen LogP contribution in [0.4, 0.5) is 0 Å². The van der Waals surface area contributed by atoms with Crippen molar-refractivity contribution >= 4 is 40.4 Å². The zero-order chi connectivity index (χ0) is 22.5. The highest BCUT2D eigenvalue weighted by Crippen LogP contribution is 2.22. The lowest BCUT2D eigenvalue weighted by molar-refractivity contribution is -0.117. The molecule has 0 aliphatic heterocycles. The molecule has 0 bridgehead atoms. The molecular formula is C26H22ClN3O2. The van der Waals surface area contributed by atoms with Crippen LogP contribution in [0.15, 0.2) is 84.9 Å². The molecule has 0 fully saturated rings. The van der Waals surface area contributed by atoms with Gasteiger partial charge in [0, 0.05) is 16.7 Å². The number of halogens is 1. The number of rotatable bonds is 7. The molecule has 0 saturated carbocycles. The molecule has 160 valence electrons. The van der Waals surface area contributed by atoms with Gasteiger partial charge in [0.15, 0.2) is 5.78 Å². The third kappa shape index (κ3) is 4.95. The van der Waals surface area contributed by atoms with Crippen LogP contribution < -0.4 is 5.32 Å². The molecule has 1 heterocycles. The summed E-state index contributed by atoms with van der Waals surface area (Å²) in [5.74, 6) is 0.326. The maximum absolute atomic E-state index is 12.9. The van der Waals surface area contributed by atoms with Gasteiger partial charge in [-0.3, -0.25) is 9.59 Å². The second-order valence-corrected chi connectivity index (χ2v) is 7.89. The maximum Gasteiger partial charge on any atom is 0.244 e. The lowest BCUT2D eigenvalue weighted by Crippen LogP contribution is -2.28. The number of hydrogen-bond donors (Lipinski definition) is 1. The number of para-hydroxylation sites is 2. The molecule has 6 heteroatoms. The van der Waals surface area contributed by atoms with E-state index < -0.39 is 6.04 Å². The van der Waals surface area contributed by atoms with Gasteiger partial charge in [0.1, 0.15) is 5.82 Å². The molecule has 5 nitrogen and oxygen atoms in total. The van der Waals surface area contributed by atoms with Crippen LogP contribution in [0, 0.1) is 0 Å². The summed E-state index contributed by atoms with van der Waals surface area (Å²) in [5.41, 5.74) is 3.12. The van der Waals surface area contributed by atoms with Crippen LogP contribution >= 0.6 is 11.6 Å². The van der Waals surface area contributed by atoms with E-state index in [0.29, 0.717) is 16.4 Å². The molecule has 32 heavy (non-hydrogen) atoms. The summed E-state index contributed by atoms with van der Waals surface area (Å²) >= 11 is 5.94. The van der Waals surface area contributed by atoms with E-state index in [0.717, 1.165) is 16.6 Å². The molecule has 0 spiro atoms. The van der Waals surface area contributed by atoms with Crippen LogP contribution in [0.3, 0.4) is 0 Å². The van der Waals surface area contributed by atoms with Crippen molar-refractivity contribution in [1.29, 1.82) is 0 Å². The molecule has 3 aromatic carbocycles. The van der Waals surface area contributed by atoms with Crippen molar-refractivity contribution < 1.29 is 9.59 Å². The van der Waals surface area contributed by atoms with E-state index >= 15 is 0 Å². The molecular weight excluding hydrogens is 422 g/mol. The minimum atomic E-state index is -0.395. The molecule has 0 aliphatic rings. The molecule has 0 radical (unpaired) electrons. The van der Waals surface area contributed by atoms with Crippen LogP contribution in [0.2, 0.25) is 5.02 Å². The number of benzene rings is 3. The molecule has 0 saturated heterocycles. The van der Waals surface area contributed by atoms with E-state index in [-0.39, 0.29) is 18.2 Å². The first kappa shape index (κ1) is 21.5. The molecule has 1 amide bonds. The highest BCUT2D eigenvalue weighted by Gasteiger charge is 2.20. The van der Waals surface area contributed by atoms with E-state index in [1.807, 2.05) is 66.1 Å². The second kappa shape index (κ2) is 9.62. The van der Waals surface area contributed by atoms with Crippen LogP contribution in [0.1, 0.15) is 34.7 Å². The number of amides is 1. The number of carbonyl (C=O) groups is 2. The standard InChI is InChI=1S/C26H22ClN3O2/c1-18(28-25(32)16-11-19-7-3-2-4-8-19)26-29-22-9-5-6-10-23(22)30(26)17-24(31)20-12-14-21(27)15-13-20/h2-16,18H,17H2,1H3,(H,28,32)/b16-11-. The van der Waals surface area contributed by atoms with Gasteiger partial charge in [0.2, 0.25) is 5.91 Å². The lowest BCUT2D eigenvalue weighted by atomic mass is 10.1. The van der Waals surface area contributed by atoms with E-state index in [4.69, 9.17) is 16.6 Å². The van der Waals surface area contributed by atoms with Crippen molar-refractivity contribution in [3.8, 4) is 0 Å². The summed E-state index contributed by atoms with van der Waals surface area (Å²) in [6.45, 7) is 1.97. The summed E-state index contributed by atoms with van der Waals surface area (Å²) in [4.78, 5) is 30.1. The van der Waals surface area contributed by atoms with Crippen LogP contribution in [0.25, 0.3) is 17.1 Å². The van der Waals surface area contributed by atoms with Crippen molar-refractivity contribution in [1.82, 2.24) is 14.9 Å². The Morgan fingerprint density at radius 3 is 2.44 bits per heavy atom. The average Bonchev–Trinajstić information content (AvgIpc) is 3.17. The van der Waals surface area contributed by atoms with Gasteiger partial charge < -0.3 is 9.88 Å². The Morgan fingerprint density at radius 1 is 1.00 bits per heavy atom. The smallest absolute Gasteiger partial charge is 0.244 e. The monoisotopic (exact) mass is 443 g/mol. The minimum Gasteiger partial charge on any atom is -0.343 e. The Balaban J connectivity index is 1.57. The lowest BCUT2D eigenvalue weighted by Gasteiger charge is -2.15. The summed E-state index contributed by atoms with van der Waals surface area (Å²) in [6.07, 6.45) is 3.26. The third-order valence-electron chi connectivity index (χ3n) is 5.12. The van der Waals surface area contributed by atoms with Crippen molar-refractivity contribution in [2.75, 3.05) is 0 Å². The van der Waals surface area contributed by atoms with Crippen LogP contribution in [-0.4, -0.2) is 21.2 Å². The van der Waals surface area contributed by atoms with E-state index in [9.17, 15) is 9.59 Å². The topological polar surface area (TPSA) is 64.0 Å². The normalized spacial score (nSPS) is 12.2. The van der Waals surface area contributed by atoms with Crippen LogP contribution in [-0.2, 0) is 11.3 Å². The molecule has 4 rings (SSSR count). The number of carbonyl (C=O) groups excluding carboxylic acids is 2. The zero-order valence-electron chi connectivity index (χ0n) is 17.5. The van der Waals surface area contributed by atoms with Gasteiger partial charge in [-0.2, -0.15) is 0 Å². The summed E-state index contributed by atoms with van der Waals surface area (Å²) in [7, 11) is 0. The van der Waals surface area contributed by atoms with E-state index in [2.05, 4.69) is 5.32 Å². The highest BCUT2D eigenvalue weighted by molar-refractivity contribution is 6.30. The number of Topliss-reactive ketones (excluding diaryl/α,β-unsaturated/α-hetero) is 1. The van der Waals surface area contributed by atoms with Gasteiger partial charge in [0.25, 0.3) is 0 Å². The van der Waals surface area contributed by atoms with E-state index in [1.165, 1.54) is 6.08 Å². The molecule has 0 aliphatic carbocycles. The quantitative estimate of drug-likeness (QED) is 0.304. The van der Waals surface area contributed by atoms with Crippen LogP contribution in [0.5, 0.6) is 0 Å². The van der Waals surface area contributed by atoms with E-state index in [1.54, 1.807) is 30.3 Å². The predicted octanol–water partition coefficient (Wildman–Crippen LogP) is 5.46. The fourth-order valence-corrected chi connectivity index (χ4v) is 3.65. The first-order valence-electron chi connectivity index (χ1n) is 10.3. The van der Waals surface area contributed by atoms with Crippen molar-refractivity contribution in [3.63, 3.8) is 0 Å². The number of fused-ring (bicyclic) bond motifs is 1. The molecule has 1 aromatic heterocycles. The number of nitrogens with zero attached hydrogens (tertiary/aromatic N) is 2. The fourth-order valence-electron chi connectivity index (χ4n) is 3.52. The van der Waals surface area contributed by atoms with Gasteiger partial charge in [-0.25, -0.2) is 4.98 Å². The fraction of sp³-hybridized carbons (Fsp3) is 0.115. The SMILES string of the molecule is CC(NC(=O)/C=C\c1ccccc1)c1nc2ccccc2n1CC(=O)c1ccc(Cl)cc1. The Bertz CT molecular complexity index is 1280. The van der Waals surface area contributed by atoms with Crippen molar-refractivity contribution in [2.45, 2.75) is 19.5 Å². The summed E-state index contributed by atoms with van der Waals surface area (Å²) in [6, 6.07) is 23.7. The number of nitrogens with one attached hydrogen (secondary N) is 1. The Kier molecular flexibility index (Phi) is 6.47. The first-order valence-corrected chi connectivity index (χ1v) is 10.7. The molecule has 4 aromatic rings. The van der Waals surface area contributed by atoms with Crippen molar-refractivity contribution in [2.24, 2.45) is 0 Å². The Hall–Kier alpha value is -3.70. The summed E-state index contributed by atoms with van der Waals surface area (Å²) in [5, 5.41) is 3.53. The Morgan fingerprint density at radius 2 is 1.69 bits per heavy atom. The number of aromatic nitrogens is 2. The highest BCUT2D eigenvalue weighted by atomic mass is 35.5. The third-order valence-corrected chi connectivity index (χ3v) is 5.38. The molecule has 1 unspecified atom stereocenters. The van der Waals surface area contributed by atoms with Gasteiger partial charge in [-0.1, -0.05) is 54.1 Å². The largest absolute Gasteiger partial charge is 0.343 e. The second-order valence-electron chi connectivity index (χ2n) is 7.45. The number of hydrogen-bond acceptors (Lipinski definition) is 3. The summed E-state index contributed by atoms with van der Waals surface area (Å²) < 4.78 is 1.86. The van der Waals surface area contributed by atoms with Crippen molar-refractivity contribution in [3.05, 3.63) is 107 Å².